The molecule has 1 heterocycles. The number of benzene rings is 8. The highest BCUT2D eigenvalue weighted by Gasteiger charge is 2.46. The Balaban J connectivity index is 1.12. The molecule has 1 aromatic heterocycles. The molecule has 2 aliphatic carbocycles. The third-order valence-corrected chi connectivity index (χ3v) is 22.1. The van der Waals surface area contributed by atoms with Gasteiger partial charge in [-0.3, -0.25) is 0 Å². The highest BCUT2D eigenvalue weighted by Crippen LogP contribution is 2.59. The Morgan fingerprint density at radius 3 is 0.769 bits per heavy atom. The first-order valence-corrected chi connectivity index (χ1v) is 38.5. The predicted molar refractivity (Wildman–Crippen MR) is 396 cm³/mol. The van der Waals surface area contributed by atoms with Gasteiger partial charge in [0.05, 0.1) is 27.8 Å². The van der Waals surface area contributed by atoms with Crippen molar-refractivity contribution in [2.24, 2.45) is 0 Å². The SMILES string of the molecule is CCCCCCCCC1(CCCCCCCC)c2cc(-c3cc(-c4ccc5c(c4)C(CCCCCCCC)(CCCCCCCC)c4cc(-c6cc(C(F)(F)F)cc(C(F)(F)F)c6)ccc4-5)cc(-c4nnc(-c5cc(C(F)(F)F)cc(C(F)(F)F)c5)o4)c3)ccc2-c2ccc(-c3cc(F)cc(C(F)(F)F)c3)cc21. The summed E-state index contributed by atoms with van der Waals surface area (Å²) in [4.78, 5) is 0. The fourth-order valence-electron chi connectivity index (χ4n) is 16.5. The summed E-state index contributed by atoms with van der Waals surface area (Å²) in [7, 11) is 0. The lowest BCUT2D eigenvalue weighted by Gasteiger charge is -2.34. The van der Waals surface area contributed by atoms with E-state index in [9.17, 15) is 65.9 Å². The second-order valence-corrected chi connectivity index (χ2v) is 29.8. The number of halogens is 16. The van der Waals surface area contributed by atoms with Gasteiger partial charge >= 0.3 is 30.9 Å². The van der Waals surface area contributed by atoms with Crippen LogP contribution in [0.3, 0.4) is 0 Å². The third kappa shape index (κ3) is 18.5. The molecule has 108 heavy (non-hydrogen) atoms. The van der Waals surface area contributed by atoms with E-state index in [-0.39, 0.29) is 40.3 Å². The molecule has 576 valence electrons. The summed E-state index contributed by atoms with van der Waals surface area (Å²) in [5.41, 5.74) is 0.618. The average Bonchev–Trinajstić information content (AvgIpc) is 1.56. The van der Waals surface area contributed by atoms with Crippen molar-refractivity contribution in [3.8, 4) is 89.7 Å². The van der Waals surface area contributed by atoms with Gasteiger partial charge in [0.2, 0.25) is 11.8 Å². The van der Waals surface area contributed by atoms with Crippen LogP contribution in [0.1, 0.15) is 258 Å². The van der Waals surface area contributed by atoms with E-state index in [1.807, 2.05) is 42.5 Å². The lowest BCUT2D eigenvalue weighted by atomic mass is 9.69. The van der Waals surface area contributed by atoms with E-state index in [2.05, 4.69) is 50.0 Å². The summed E-state index contributed by atoms with van der Waals surface area (Å²) in [6.07, 6.45) is -0.199. The second kappa shape index (κ2) is 34.0. The van der Waals surface area contributed by atoms with Gasteiger partial charge in [0.25, 0.3) is 0 Å². The molecule has 0 radical (unpaired) electrons. The smallest absolute Gasteiger partial charge is 0.416 e. The maximum absolute atomic E-state index is 15.4. The molecular formula is C89H92F16N2O. The summed E-state index contributed by atoms with van der Waals surface area (Å²) < 4.78 is 239. The van der Waals surface area contributed by atoms with E-state index in [1.54, 1.807) is 36.4 Å². The van der Waals surface area contributed by atoms with Gasteiger partial charge in [-0.2, -0.15) is 65.9 Å². The second-order valence-electron chi connectivity index (χ2n) is 29.8. The number of hydrogen-bond donors (Lipinski definition) is 0. The maximum atomic E-state index is 15.4. The molecule has 9 aromatic rings. The Labute approximate surface area is 622 Å². The molecule has 0 amide bonds. The lowest BCUT2D eigenvalue weighted by Crippen LogP contribution is -2.25. The van der Waals surface area contributed by atoms with Crippen LogP contribution in [0.2, 0.25) is 0 Å². The van der Waals surface area contributed by atoms with Gasteiger partial charge in [0, 0.05) is 22.0 Å². The molecule has 0 fully saturated rings. The van der Waals surface area contributed by atoms with Crippen LogP contribution in [0.4, 0.5) is 70.2 Å². The van der Waals surface area contributed by atoms with Crippen molar-refractivity contribution in [3.63, 3.8) is 0 Å². The molecule has 0 saturated carbocycles. The van der Waals surface area contributed by atoms with Crippen molar-refractivity contribution < 1.29 is 74.7 Å². The van der Waals surface area contributed by atoms with Crippen molar-refractivity contribution in [3.05, 3.63) is 201 Å². The Morgan fingerprint density at radius 1 is 0.250 bits per heavy atom. The van der Waals surface area contributed by atoms with E-state index in [0.717, 1.165) is 223 Å². The van der Waals surface area contributed by atoms with E-state index in [4.69, 9.17) is 4.42 Å². The molecule has 0 atom stereocenters. The van der Waals surface area contributed by atoms with Crippen LogP contribution in [0.15, 0.2) is 150 Å². The van der Waals surface area contributed by atoms with Gasteiger partial charge in [0.15, 0.2) is 0 Å². The normalized spacial score (nSPS) is 14.0. The van der Waals surface area contributed by atoms with Crippen molar-refractivity contribution in [1.82, 2.24) is 10.2 Å². The van der Waals surface area contributed by atoms with Crippen molar-refractivity contribution >= 4 is 0 Å². The minimum atomic E-state index is -5.20. The Morgan fingerprint density at radius 2 is 0.481 bits per heavy atom. The molecule has 0 aliphatic heterocycles. The monoisotopic (exact) mass is 1510 g/mol. The molecule has 8 aromatic carbocycles. The van der Waals surface area contributed by atoms with E-state index in [0.29, 0.717) is 71.7 Å². The number of aromatic nitrogens is 2. The molecule has 19 heteroatoms. The van der Waals surface area contributed by atoms with Crippen LogP contribution in [-0.2, 0) is 41.7 Å². The summed E-state index contributed by atoms with van der Waals surface area (Å²) in [5, 5.41) is 8.39. The molecule has 11 rings (SSSR count). The van der Waals surface area contributed by atoms with Gasteiger partial charge in [-0.15, -0.1) is 10.2 Å². The fraction of sp³-hybridized carbons (Fsp3) is 0.438. The fourth-order valence-corrected chi connectivity index (χ4v) is 16.5. The molecule has 0 unspecified atom stereocenters. The van der Waals surface area contributed by atoms with Gasteiger partial charge in [-0.25, -0.2) is 4.39 Å². The Hall–Kier alpha value is -8.22. The molecule has 0 saturated heterocycles. The number of fused-ring (bicyclic) bond motifs is 6. The third-order valence-electron chi connectivity index (χ3n) is 22.1. The van der Waals surface area contributed by atoms with Gasteiger partial charge < -0.3 is 4.42 Å². The Bertz CT molecular complexity index is 4470. The number of hydrogen-bond acceptors (Lipinski definition) is 3. The highest BCUT2D eigenvalue weighted by molar-refractivity contribution is 5.90. The van der Waals surface area contributed by atoms with Gasteiger partial charge in [-0.05, 0) is 212 Å². The molecule has 0 spiro atoms. The van der Waals surface area contributed by atoms with Gasteiger partial charge in [-0.1, -0.05) is 230 Å². The largest absolute Gasteiger partial charge is 0.416 e. The van der Waals surface area contributed by atoms with E-state index in [1.165, 1.54) is 0 Å². The van der Waals surface area contributed by atoms with E-state index >= 15 is 4.39 Å². The first-order valence-electron chi connectivity index (χ1n) is 38.5. The Kier molecular flexibility index (Phi) is 25.4. The van der Waals surface area contributed by atoms with Crippen molar-refractivity contribution in [2.45, 2.75) is 249 Å². The molecule has 0 bridgehead atoms. The summed E-state index contributed by atoms with van der Waals surface area (Å²) in [5.74, 6) is -1.92. The van der Waals surface area contributed by atoms with Gasteiger partial charge in [0.1, 0.15) is 5.82 Å². The minimum absolute atomic E-state index is 0.00525. The zero-order chi connectivity index (χ0) is 77.4. The topological polar surface area (TPSA) is 38.9 Å². The van der Waals surface area contributed by atoms with Crippen LogP contribution in [0, 0.1) is 5.82 Å². The van der Waals surface area contributed by atoms with Crippen LogP contribution in [-0.4, -0.2) is 10.2 Å². The molecule has 0 N–H and O–H groups in total. The first kappa shape index (κ1) is 80.8. The molecular weight excluding hydrogens is 1420 g/mol. The number of alkyl halides is 15. The predicted octanol–water partition coefficient (Wildman–Crippen LogP) is 30.8. The number of rotatable bonds is 34. The van der Waals surface area contributed by atoms with Crippen LogP contribution >= 0.6 is 0 Å². The zero-order valence-electron chi connectivity index (χ0n) is 61.5. The van der Waals surface area contributed by atoms with Crippen LogP contribution in [0.25, 0.3) is 89.7 Å². The maximum Gasteiger partial charge on any atom is 0.416 e. The minimum Gasteiger partial charge on any atom is -0.416 e. The average molecular weight is 1510 g/mol. The van der Waals surface area contributed by atoms with Crippen molar-refractivity contribution in [1.29, 1.82) is 0 Å². The highest BCUT2D eigenvalue weighted by atomic mass is 19.4. The lowest BCUT2D eigenvalue weighted by molar-refractivity contribution is -0.144. The summed E-state index contributed by atoms with van der Waals surface area (Å²) in [6, 6.07) is 33.4. The first-order chi connectivity index (χ1) is 51.4. The van der Waals surface area contributed by atoms with Crippen LogP contribution < -0.4 is 0 Å². The summed E-state index contributed by atoms with van der Waals surface area (Å²) >= 11 is 0. The zero-order valence-corrected chi connectivity index (χ0v) is 61.5. The van der Waals surface area contributed by atoms with Crippen LogP contribution in [0.5, 0.6) is 0 Å². The quantitative estimate of drug-likeness (QED) is 0.0298. The standard InChI is InChI=1S/C89H92F16N2O/c1-5-9-13-17-21-25-37-83(38-26-22-18-14-10-6-2)77-50-57(29-33-73(77)75-35-31-59(52-79(75)83)63-44-67(85(91,92)93)54-68(45-63)86(94,95)96)61-41-62(43-65(42-61)81-106-107-82(108-81)66-47-69(87(97,98)99)55-70(48-66)88(100,101)102)58-30-34-74-76-36-32-60(64-46-71(89(103,104)105)56-72(90)49-64)53-80(76)84(78(74)51-58,39-27-23-19-15-11-7-3)40-28-24-20-16-12-8-4/h29-36,41-56H,5-28,37-40H2,1-4H3. The van der Waals surface area contributed by atoms with Crippen molar-refractivity contribution in [2.75, 3.05) is 0 Å². The number of unbranched alkanes of at least 4 members (excludes halogenated alkanes) is 20. The number of nitrogens with zero attached hydrogens (tertiary/aromatic N) is 2. The summed E-state index contributed by atoms with van der Waals surface area (Å²) in [6.45, 7) is 8.53. The molecule has 2 aliphatic rings. The van der Waals surface area contributed by atoms with E-state index < -0.39 is 86.8 Å². The molecule has 3 nitrogen and oxygen atoms in total.